The number of allylic oxidation sites excluding steroid dienone is 10. The summed E-state index contributed by atoms with van der Waals surface area (Å²) in [4.78, 5) is 37.8. The fourth-order valence-corrected chi connectivity index (χ4v) is 7.60. The van der Waals surface area contributed by atoms with Gasteiger partial charge in [0.1, 0.15) is 13.2 Å². The topological polar surface area (TPSA) is 78.9 Å². The second-order valence-electron chi connectivity index (χ2n) is 18.1. The molecular formula is C58H102O6. The fourth-order valence-electron chi connectivity index (χ4n) is 7.60. The van der Waals surface area contributed by atoms with Crippen LogP contribution in [0.3, 0.4) is 0 Å². The fraction of sp³-hybridized carbons (Fsp3) is 0.776. The Balaban J connectivity index is 4.19. The van der Waals surface area contributed by atoms with Gasteiger partial charge in [0.15, 0.2) is 6.10 Å². The zero-order chi connectivity index (χ0) is 46.5. The van der Waals surface area contributed by atoms with Crippen LogP contribution in [0.2, 0.25) is 0 Å². The molecule has 0 aromatic rings. The van der Waals surface area contributed by atoms with Crippen LogP contribution in [-0.2, 0) is 28.6 Å². The Hall–Kier alpha value is -2.89. The molecule has 0 aliphatic rings. The van der Waals surface area contributed by atoms with Gasteiger partial charge in [0.2, 0.25) is 0 Å². The number of carbonyl (C=O) groups excluding carboxylic acids is 3. The number of hydrogen-bond acceptors (Lipinski definition) is 6. The third-order valence-electron chi connectivity index (χ3n) is 11.7. The van der Waals surface area contributed by atoms with E-state index in [1.165, 1.54) is 141 Å². The molecule has 1 atom stereocenters. The van der Waals surface area contributed by atoms with E-state index in [0.717, 1.165) is 89.9 Å². The zero-order valence-corrected chi connectivity index (χ0v) is 42.3. The summed E-state index contributed by atoms with van der Waals surface area (Å²) in [6.07, 6.45) is 65.2. The normalized spacial score (nSPS) is 12.5. The Bertz CT molecular complexity index is 1170. The number of esters is 3. The summed E-state index contributed by atoms with van der Waals surface area (Å²) in [5.74, 6) is -0.899. The van der Waals surface area contributed by atoms with Gasteiger partial charge in [-0.2, -0.15) is 0 Å². The van der Waals surface area contributed by atoms with E-state index >= 15 is 0 Å². The SMILES string of the molecule is CCCCC/C=C\C/C=C\CCCCCCCCCC(=O)OC(COC(=O)CCCCCCCC)COC(=O)CCCCCCCCCC/C=C\C/C=C\C/C=C\CCCCCCC. The molecule has 0 fully saturated rings. The van der Waals surface area contributed by atoms with Crippen molar-refractivity contribution in [3.05, 3.63) is 60.8 Å². The number of rotatable bonds is 49. The summed E-state index contributed by atoms with van der Waals surface area (Å²) >= 11 is 0. The van der Waals surface area contributed by atoms with Crippen LogP contribution in [-0.4, -0.2) is 37.2 Å². The second kappa shape index (κ2) is 52.7. The first-order valence-corrected chi connectivity index (χ1v) is 27.3. The molecule has 6 heteroatoms. The maximum atomic E-state index is 12.8. The predicted molar refractivity (Wildman–Crippen MR) is 275 cm³/mol. The van der Waals surface area contributed by atoms with E-state index < -0.39 is 6.10 Å². The highest BCUT2D eigenvalue weighted by atomic mass is 16.6. The van der Waals surface area contributed by atoms with Crippen molar-refractivity contribution in [2.45, 2.75) is 277 Å². The minimum absolute atomic E-state index is 0.0797. The molecule has 0 aliphatic heterocycles. The van der Waals surface area contributed by atoms with Gasteiger partial charge in [-0.3, -0.25) is 14.4 Å². The van der Waals surface area contributed by atoms with Crippen LogP contribution in [0.1, 0.15) is 271 Å². The first kappa shape index (κ1) is 61.1. The average Bonchev–Trinajstić information content (AvgIpc) is 3.29. The van der Waals surface area contributed by atoms with Crippen molar-refractivity contribution < 1.29 is 28.6 Å². The molecule has 0 saturated heterocycles. The Labute approximate surface area is 396 Å². The van der Waals surface area contributed by atoms with Gasteiger partial charge in [0.05, 0.1) is 0 Å². The van der Waals surface area contributed by atoms with Crippen molar-refractivity contribution in [2.75, 3.05) is 13.2 Å². The van der Waals surface area contributed by atoms with Gasteiger partial charge in [0, 0.05) is 19.3 Å². The van der Waals surface area contributed by atoms with E-state index in [1.54, 1.807) is 0 Å². The summed E-state index contributed by atoms with van der Waals surface area (Å²) in [6, 6.07) is 0. The molecule has 0 heterocycles. The van der Waals surface area contributed by atoms with Crippen LogP contribution >= 0.6 is 0 Å². The van der Waals surface area contributed by atoms with Crippen molar-refractivity contribution in [1.82, 2.24) is 0 Å². The lowest BCUT2D eigenvalue weighted by Gasteiger charge is -2.18. The molecular weight excluding hydrogens is 793 g/mol. The summed E-state index contributed by atoms with van der Waals surface area (Å²) in [6.45, 7) is 6.54. The molecule has 0 N–H and O–H groups in total. The van der Waals surface area contributed by atoms with E-state index in [0.29, 0.717) is 19.3 Å². The van der Waals surface area contributed by atoms with Crippen molar-refractivity contribution >= 4 is 17.9 Å². The Kier molecular flexibility index (Phi) is 50.4. The molecule has 6 nitrogen and oxygen atoms in total. The highest BCUT2D eigenvalue weighted by Crippen LogP contribution is 2.15. The van der Waals surface area contributed by atoms with Crippen LogP contribution in [0, 0.1) is 0 Å². The Morgan fingerprint density at radius 1 is 0.312 bits per heavy atom. The highest BCUT2D eigenvalue weighted by molar-refractivity contribution is 5.71. The van der Waals surface area contributed by atoms with Crippen LogP contribution in [0.25, 0.3) is 0 Å². The third kappa shape index (κ3) is 50.1. The Morgan fingerprint density at radius 3 is 0.906 bits per heavy atom. The van der Waals surface area contributed by atoms with Crippen molar-refractivity contribution in [1.29, 1.82) is 0 Å². The number of hydrogen-bond donors (Lipinski definition) is 0. The number of ether oxygens (including phenoxy) is 3. The monoisotopic (exact) mass is 895 g/mol. The lowest BCUT2D eigenvalue weighted by Crippen LogP contribution is -2.30. The minimum Gasteiger partial charge on any atom is -0.462 e. The summed E-state index contributed by atoms with van der Waals surface area (Å²) < 4.78 is 16.7. The first-order valence-electron chi connectivity index (χ1n) is 27.3. The predicted octanol–water partition coefficient (Wildman–Crippen LogP) is 18.0. The minimum atomic E-state index is -0.778. The average molecular weight is 895 g/mol. The first-order chi connectivity index (χ1) is 31.5. The van der Waals surface area contributed by atoms with Gasteiger partial charge < -0.3 is 14.2 Å². The van der Waals surface area contributed by atoms with E-state index in [4.69, 9.17) is 14.2 Å². The third-order valence-corrected chi connectivity index (χ3v) is 11.7. The number of carbonyl (C=O) groups is 3. The molecule has 370 valence electrons. The van der Waals surface area contributed by atoms with E-state index in [-0.39, 0.29) is 31.1 Å². The Morgan fingerprint density at radius 2 is 0.562 bits per heavy atom. The molecule has 0 aromatic carbocycles. The smallest absolute Gasteiger partial charge is 0.306 e. The van der Waals surface area contributed by atoms with Gasteiger partial charge in [0.25, 0.3) is 0 Å². The van der Waals surface area contributed by atoms with Crippen molar-refractivity contribution in [2.24, 2.45) is 0 Å². The van der Waals surface area contributed by atoms with E-state index in [2.05, 4.69) is 81.5 Å². The van der Waals surface area contributed by atoms with Gasteiger partial charge in [-0.1, -0.05) is 223 Å². The summed E-state index contributed by atoms with van der Waals surface area (Å²) in [5.41, 5.74) is 0. The maximum Gasteiger partial charge on any atom is 0.306 e. The molecule has 0 rings (SSSR count). The molecule has 0 aromatic heterocycles. The second-order valence-corrected chi connectivity index (χ2v) is 18.1. The lowest BCUT2D eigenvalue weighted by molar-refractivity contribution is -0.167. The van der Waals surface area contributed by atoms with Gasteiger partial charge >= 0.3 is 17.9 Å². The van der Waals surface area contributed by atoms with Crippen molar-refractivity contribution in [3.8, 4) is 0 Å². The molecule has 1 unspecified atom stereocenters. The molecule has 0 bridgehead atoms. The molecule has 64 heavy (non-hydrogen) atoms. The number of unbranched alkanes of at least 4 members (excludes halogenated alkanes) is 28. The van der Waals surface area contributed by atoms with E-state index in [9.17, 15) is 14.4 Å². The molecule has 0 saturated carbocycles. The van der Waals surface area contributed by atoms with Crippen LogP contribution in [0.4, 0.5) is 0 Å². The van der Waals surface area contributed by atoms with Crippen LogP contribution < -0.4 is 0 Å². The zero-order valence-electron chi connectivity index (χ0n) is 42.3. The highest BCUT2D eigenvalue weighted by Gasteiger charge is 2.19. The van der Waals surface area contributed by atoms with Crippen LogP contribution in [0.15, 0.2) is 60.8 Å². The van der Waals surface area contributed by atoms with Gasteiger partial charge in [-0.15, -0.1) is 0 Å². The van der Waals surface area contributed by atoms with Crippen LogP contribution in [0.5, 0.6) is 0 Å². The maximum absolute atomic E-state index is 12.8. The summed E-state index contributed by atoms with van der Waals surface area (Å²) in [5, 5.41) is 0. The standard InChI is InChI=1S/C58H102O6/c1-4-7-10-13-16-18-20-22-24-26-27-28-29-30-31-33-34-36-38-40-42-45-48-51-57(60)63-54-55(53-62-56(59)50-47-44-15-12-9-6-3)64-58(61)52-49-46-43-41-39-37-35-32-25-23-21-19-17-14-11-8-5-2/h17,19-20,22-23,25-27,29-30,55H,4-16,18,21,24,28,31-54H2,1-3H3/b19-17-,22-20-,25-23-,27-26-,30-29-. The molecule has 0 amide bonds. The lowest BCUT2D eigenvalue weighted by atomic mass is 10.1. The molecule has 0 radical (unpaired) electrons. The molecule has 0 aliphatic carbocycles. The summed E-state index contributed by atoms with van der Waals surface area (Å²) in [7, 11) is 0. The largest absolute Gasteiger partial charge is 0.462 e. The quantitative estimate of drug-likeness (QED) is 0.0262. The molecule has 0 spiro atoms. The van der Waals surface area contributed by atoms with Crippen molar-refractivity contribution in [3.63, 3.8) is 0 Å². The van der Waals surface area contributed by atoms with Gasteiger partial charge in [-0.05, 0) is 89.9 Å². The van der Waals surface area contributed by atoms with Gasteiger partial charge in [-0.25, -0.2) is 0 Å². The van der Waals surface area contributed by atoms with E-state index in [1.807, 2.05) is 0 Å².